The van der Waals surface area contributed by atoms with Crippen molar-refractivity contribution in [2.75, 3.05) is 27.9 Å². The molecule has 0 aliphatic rings. The van der Waals surface area contributed by atoms with Crippen molar-refractivity contribution < 1.29 is 14.2 Å². The van der Waals surface area contributed by atoms with Crippen molar-refractivity contribution in [1.82, 2.24) is 10.7 Å². The summed E-state index contributed by atoms with van der Waals surface area (Å²) in [5, 5.41) is 7.66. The Balaban J connectivity index is 2.76. The molecule has 0 fully saturated rings. The summed E-state index contributed by atoms with van der Waals surface area (Å²) in [6, 6.07) is 3.62. The Morgan fingerprint density at radius 2 is 1.91 bits per heavy atom. The smallest absolute Gasteiger partial charge is 0.203 e. The topological polar surface area (TPSA) is 64.1 Å². The second-order valence-corrected chi connectivity index (χ2v) is 4.81. The number of hydrogen-bond acceptors (Lipinski definition) is 5. The predicted octanol–water partition coefficient (Wildman–Crippen LogP) is 2.31. The van der Waals surface area contributed by atoms with E-state index in [9.17, 15) is 0 Å². The van der Waals surface area contributed by atoms with Crippen molar-refractivity contribution in [3.05, 3.63) is 17.7 Å². The van der Waals surface area contributed by atoms with Gasteiger partial charge in [-0.15, -0.1) is 0 Å². The molecule has 0 radical (unpaired) electrons. The van der Waals surface area contributed by atoms with E-state index >= 15 is 0 Å². The number of methoxy groups -OCH3 is 3. The van der Waals surface area contributed by atoms with Crippen molar-refractivity contribution in [1.29, 1.82) is 0 Å². The van der Waals surface area contributed by atoms with Gasteiger partial charge in [-0.2, -0.15) is 5.10 Å². The van der Waals surface area contributed by atoms with Crippen LogP contribution < -0.4 is 25.0 Å². The summed E-state index contributed by atoms with van der Waals surface area (Å²) in [5.74, 6) is 1.68. The van der Waals surface area contributed by atoms with Gasteiger partial charge in [0.05, 0.1) is 27.5 Å². The lowest BCUT2D eigenvalue weighted by Crippen LogP contribution is -2.32. The number of hydrogen-bond donors (Lipinski definition) is 2. The van der Waals surface area contributed by atoms with E-state index in [-0.39, 0.29) is 0 Å². The highest BCUT2D eigenvalue weighted by Crippen LogP contribution is 2.38. The lowest BCUT2D eigenvalue weighted by atomic mass is 10.2. The number of benzene rings is 1. The first-order valence-electron chi connectivity index (χ1n) is 7.03. The molecule has 122 valence electrons. The highest BCUT2D eigenvalue weighted by Gasteiger charge is 2.14. The Kier molecular flexibility index (Phi) is 8.06. The van der Waals surface area contributed by atoms with E-state index in [4.69, 9.17) is 26.4 Å². The van der Waals surface area contributed by atoms with Crippen molar-refractivity contribution in [3.63, 3.8) is 0 Å². The zero-order chi connectivity index (χ0) is 16.4. The van der Waals surface area contributed by atoms with Crippen LogP contribution in [0.2, 0.25) is 0 Å². The third-order valence-corrected chi connectivity index (χ3v) is 3.16. The van der Waals surface area contributed by atoms with E-state index in [1.807, 2.05) is 6.07 Å². The van der Waals surface area contributed by atoms with Crippen molar-refractivity contribution in [2.24, 2.45) is 5.10 Å². The van der Waals surface area contributed by atoms with Gasteiger partial charge in [0, 0.05) is 12.1 Å². The monoisotopic (exact) mass is 325 g/mol. The number of thiocarbonyl (C=S) groups is 1. The van der Waals surface area contributed by atoms with Crippen LogP contribution in [0.4, 0.5) is 0 Å². The largest absolute Gasteiger partial charge is 0.493 e. The van der Waals surface area contributed by atoms with Crippen molar-refractivity contribution in [2.45, 2.75) is 19.8 Å². The van der Waals surface area contributed by atoms with Gasteiger partial charge in [0.2, 0.25) is 5.75 Å². The average molecular weight is 325 g/mol. The van der Waals surface area contributed by atoms with E-state index in [1.54, 1.807) is 33.6 Å². The molecule has 0 bridgehead atoms. The van der Waals surface area contributed by atoms with Crippen LogP contribution in [-0.2, 0) is 0 Å². The van der Waals surface area contributed by atoms with Gasteiger partial charge in [-0.05, 0) is 30.8 Å². The van der Waals surface area contributed by atoms with Crippen LogP contribution in [0.25, 0.3) is 0 Å². The Hall–Kier alpha value is -2.02. The Labute approximate surface area is 136 Å². The molecule has 1 aromatic rings. The fraction of sp³-hybridized carbons (Fsp3) is 0.467. The lowest BCUT2D eigenvalue weighted by molar-refractivity contribution is 0.324. The molecule has 1 rings (SSSR count). The maximum Gasteiger partial charge on any atom is 0.203 e. The summed E-state index contributed by atoms with van der Waals surface area (Å²) in [4.78, 5) is 0. The molecule has 0 aromatic heterocycles. The zero-order valence-corrected chi connectivity index (χ0v) is 14.3. The number of hydrazone groups is 1. The molecular weight excluding hydrogens is 302 g/mol. The summed E-state index contributed by atoms with van der Waals surface area (Å²) in [7, 11) is 4.71. The Morgan fingerprint density at radius 1 is 1.18 bits per heavy atom. The summed E-state index contributed by atoms with van der Waals surface area (Å²) in [6.45, 7) is 2.96. The van der Waals surface area contributed by atoms with Gasteiger partial charge in [0.15, 0.2) is 16.6 Å². The van der Waals surface area contributed by atoms with E-state index < -0.39 is 0 Å². The van der Waals surface area contributed by atoms with Crippen molar-refractivity contribution >= 4 is 23.5 Å². The van der Waals surface area contributed by atoms with Crippen molar-refractivity contribution in [3.8, 4) is 17.2 Å². The van der Waals surface area contributed by atoms with Gasteiger partial charge in [-0.3, -0.25) is 5.43 Å². The normalized spacial score (nSPS) is 10.4. The molecule has 0 saturated carbocycles. The molecule has 2 N–H and O–H groups in total. The fourth-order valence-electron chi connectivity index (χ4n) is 1.80. The maximum atomic E-state index is 5.37. The van der Waals surface area contributed by atoms with Gasteiger partial charge >= 0.3 is 0 Å². The number of nitrogens with zero attached hydrogens (tertiary/aromatic N) is 1. The maximum absolute atomic E-state index is 5.37. The van der Waals surface area contributed by atoms with Gasteiger partial charge in [0.25, 0.3) is 0 Å². The SMILES string of the molecule is CCCCNC(=S)N/N=C\c1ccc(OC)c(OC)c1OC. The summed E-state index contributed by atoms with van der Waals surface area (Å²) >= 11 is 5.12. The number of rotatable bonds is 8. The molecule has 0 heterocycles. The van der Waals surface area contributed by atoms with Crippen LogP contribution in [0.1, 0.15) is 25.3 Å². The zero-order valence-electron chi connectivity index (χ0n) is 13.4. The average Bonchev–Trinajstić information content (AvgIpc) is 2.54. The van der Waals surface area contributed by atoms with Crippen LogP contribution in [-0.4, -0.2) is 39.2 Å². The summed E-state index contributed by atoms with van der Waals surface area (Å²) in [6.07, 6.45) is 3.80. The first-order chi connectivity index (χ1) is 10.7. The highest BCUT2D eigenvalue weighted by molar-refractivity contribution is 7.80. The molecule has 1 aromatic carbocycles. The van der Waals surface area contributed by atoms with E-state index in [0.29, 0.717) is 22.4 Å². The minimum absolute atomic E-state index is 0.490. The number of unbranched alkanes of at least 4 members (excludes halogenated alkanes) is 1. The van der Waals surface area contributed by atoms with Gasteiger partial charge < -0.3 is 19.5 Å². The standard InChI is InChI=1S/C15H23N3O3S/c1-5-6-9-16-15(22)18-17-10-11-7-8-12(19-2)14(21-4)13(11)20-3/h7-8,10H,5-6,9H2,1-4H3,(H2,16,18,22)/b17-10-. The third kappa shape index (κ3) is 5.07. The van der Waals surface area contributed by atoms with Crippen LogP contribution in [0.15, 0.2) is 17.2 Å². The Bertz CT molecular complexity index is 521. The van der Waals surface area contributed by atoms with Gasteiger partial charge in [-0.25, -0.2) is 0 Å². The molecule has 6 nitrogen and oxygen atoms in total. The van der Waals surface area contributed by atoms with Crippen LogP contribution in [0.5, 0.6) is 17.2 Å². The molecule has 0 aliphatic carbocycles. The molecule has 0 unspecified atom stereocenters. The molecule has 0 atom stereocenters. The molecule has 22 heavy (non-hydrogen) atoms. The first kappa shape index (κ1) is 18.0. The van der Waals surface area contributed by atoms with E-state index in [1.165, 1.54) is 0 Å². The van der Waals surface area contributed by atoms with Crippen LogP contribution in [0, 0.1) is 0 Å². The fourth-order valence-corrected chi connectivity index (χ4v) is 1.96. The molecule has 0 aliphatic heterocycles. The number of nitrogens with one attached hydrogen (secondary N) is 2. The summed E-state index contributed by atoms with van der Waals surface area (Å²) in [5.41, 5.74) is 3.52. The molecular formula is C15H23N3O3S. The minimum Gasteiger partial charge on any atom is -0.493 e. The number of ether oxygens (including phenoxy) is 3. The van der Waals surface area contributed by atoms with E-state index in [0.717, 1.165) is 24.9 Å². The van der Waals surface area contributed by atoms with Crippen LogP contribution >= 0.6 is 12.2 Å². The first-order valence-corrected chi connectivity index (χ1v) is 7.44. The molecule has 0 amide bonds. The summed E-state index contributed by atoms with van der Waals surface area (Å²) < 4.78 is 15.9. The second-order valence-electron chi connectivity index (χ2n) is 4.40. The molecule has 0 spiro atoms. The molecule has 0 saturated heterocycles. The van der Waals surface area contributed by atoms with Crippen LogP contribution in [0.3, 0.4) is 0 Å². The van der Waals surface area contributed by atoms with Gasteiger partial charge in [0.1, 0.15) is 0 Å². The Morgan fingerprint density at radius 3 is 2.50 bits per heavy atom. The minimum atomic E-state index is 0.490. The molecule has 7 heteroatoms. The third-order valence-electron chi connectivity index (χ3n) is 2.92. The van der Waals surface area contributed by atoms with E-state index in [2.05, 4.69) is 22.8 Å². The quantitative estimate of drug-likeness (QED) is 0.331. The highest BCUT2D eigenvalue weighted by atomic mass is 32.1. The second kappa shape index (κ2) is 9.83. The lowest BCUT2D eigenvalue weighted by Gasteiger charge is -2.13. The predicted molar refractivity (Wildman–Crippen MR) is 92.3 cm³/mol. The van der Waals surface area contributed by atoms with Gasteiger partial charge in [-0.1, -0.05) is 13.3 Å².